The first-order valence-electron chi connectivity index (χ1n) is 14.8. The number of anilines is 1. The zero-order valence-electron chi connectivity index (χ0n) is 25.5. The molecule has 0 spiro atoms. The van der Waals surface area contributed by atoms with Crippen molar-refractivity contribution in [1.29, 1.82) is 0 Å². The molecule has 1 aromatic carbocycles. The van der Waals surface area contributed by atoms with Crippen LogP contribution < -0.4 is 32.3 Å². The summed E-state index contributed by atoms with van der Waals surface area (Å²) in [6.45, 7) is 6.18. The molecule has 1 rings (SSSR count). The molecular weight excluding hydrogens is 560 g/mol. The monoisotopic (exact) mass is 610 g/mol. The molecule has 0 aliphatic rings. The molecule has 43 heavy (non-hydrogen) atoms. The standard InChI is InChI=1S/C29H50N6O8/c1-3-11-32-24-9-7-23(8-10-24)29(39)34-12-5-4-6-25(28(30)38)35-27(37)22-43-20-18-41-16-14-33-26(36)21-42-19-17-40-15-13-31-2/h7-10,25,31-32H,3-6,11-22H2,1-2H3,(H2,30,38)(H,33,36)(H,34,39)(H,35,37). The van der Waals surface area contributed by atoms with Gasteiger partial charge in [-0.15, -0.1) is 0 Å². The maximum atomic E-state index is 12.3. The molecule has 0 aromatic heterocycles. The van der Waals surface area contributed by atoms with Gasteiger partial charge in [0, 0.05) is 37.4 Å². The van der Waals surface area contributed by atoms with Gasteiger partial charge in [0.25, 0.3) is 5.91 Å². The third-order valence-electron chi connectivity index (χ3n) is 5.89. The minimum absolute atomic E-state index is 0.0527. The zero-order valence-corrected chi connectivity index (χ0v) is 25.5. The minimum Gasteiger partial charge on any atom is -0.385 e. The fourth-order valence-electron chi connectivity index (χ4n) is 3.57. The summed E-state index contributed by atoms with van der Waals surface area (Å²) < 4.78 is 21.1. The van der Waals surface area contributed by atoms with Crippen LogP contribution in [0.25, 0.3) is 0 Å². The lowest BCUT2D eigenvalue weighted by Gasteiger charge is -2.15. The number of ether oxygens (including phenoxy) is 4. The normalized spacial score (nSPS) is 11.5. The van der Waals surface area contributed by atoms with Crippen LogP contribution in [0.15, 0.2) is 24.3 Å². The Morgan fingerprint density at radius 2 is 1.37 bits per heavy atom. The Bertz CT molecular complexity index is 919. The molecule has 4 amide bonds. The average Bonchev–Trinajstić information content (AvgIpc) is 3.00. The molecule has 0 bridgehead atoms. The SMILES string of the molecule is CCCNc1ccc(C(=O)NCCCCC(NC(=O)COCCOCCNC(=O)COCCOCCNC)C(N)=O)cc1. The first-order valence-corrected chi connectivity index (χ1v) is 14.8. The molecule has 14 heteroatoms. The maximum Gasteiger partial charge on any atom is 0.251 e. The van der Waals surface area contributed by atoms with E-state index in [1.165, 1.54) is 0 Å². The lowest BCUT2D eigenvalue weighted by Crippen LogP contribution is -2.45. The van der Waals surface area contributed by atoms with Gasteiger partial charge in [-0.25, -0.2) is 0 Å². The second-order valence-corrected chi connectivity index (χ2v) is 9.56. The van der Waals surface area contributed by atoms with Gasteiger partial charge in [-0.2, -0.15) is 0 Å². The van der Waals surface area contributed by atoms with E-state index in [9.17, 15) is 19.2 Å². The third kappa shape index (κ3) is 20.3. The van der Waals surface area contributed by atoms with Crippen molar-refractivity contribution >= 4 is 29.3 Å². The minimum atomic E-state index is -0.829. The first-order chi connectivity index (χ1) is 20.9. The van der Waals surface area contributed by atoms with Crippen molar-refractivity contribution in [2.24, 2.45) is 5.73 Å². The van der Waals surface area contributed by atoms with Crippen LogP contribution in [0.2, 0.25) is 0 Å². The van der Waals surface area contributed by atoms with Gasteiger partial charge in [-0.1, -0.05) is 6.92 Å². The van der Waals surface area contributed by atoms with Gasteiger partial charge < -0.3 is 51.3 Å². The molecule has 0 radical (unpaired) electrons. The fourth-order valence-corrected chi connectivity index (χ4v) is 3.57. The molecule has 0 saturated carbocycles. The summed E-state index contributed by atoms with van der Waals surface area (Å²) in [5.41, 5.74) is 6.97. The van der Waals surface area contributed by atoms with E-state index in [0.717, 1.165) is 25.2 Å². The highest BCUT2D eigenvalue weighted by molar-refractivity contribution is 5.94. The Kier molecular flexibility index (Phi) is 22.1. The summed E-state index contributed by atoms with van der Waals surface area (Å²) in [7, 11) is 1.84. The van der Waals surface area contributed by atoms with Gasteiger partial charge in [-0.3, -0.25) is 19.2 Å². The molecule has 1 unspecified atom stereocenters. The zero-order chi connectivity index (χ0) is 31.5. The van der Waals surface area contributed by atoms with Gasteiger partial charge in [0.15, 0.2) is 0 Å². The van der Waals surface area contributed by atoms with Crippen LogP contribution in [0.5, 0.6) is 0 Å². The topological polar surface area (TPSA) is 191 Å². The van der Waals surface area contributed by atoms with Crippen LogP contribution in [0, 0.1) is 0 Å². The summed E-state index contributed by atoms with van der Waals surface area (Å²) >= 11 is 0. The number of hydrogen-bond acceptors (Lipinski definition) is 10. The van der Waals surface area contributed by atoms with E-state index >= 15 is 0 Å². The third-order valence-corrected chi connectivity index (χ3v) is 5.89. The lowest BCUT2D eigenvalue weighted by atomic mass is 10.1. The Morgan fingerprint density at radius 3 is 2.00 bits per heavy atom. The van der Waals surface area contributed by atoms with Crippen LogP contribution in [0.3, 0.4) is 0 Å². The number of carbonyl (C=O) groups excluding carboxylic acids is 4. The van der Waals surface area contributed by atoms with Crippen LogP contribution >= 0.6 is 0 Å². The van der Waals surface area contributed by atoms with Gasteiger partial charge >= 0.3 is 0 Å². The molecule has 7 N–H and O–H groups in total. The number of rotatable bonds is 27. The number of nitrogens with one attached hydrogen (secondary N) is 5. The number of likely N-dealkylation sites (N-methyl/N-ethyl adjacent to an activating group) is 1. The molecular formula is C29H50N6O8. The van der Waals surface area contributed by atoms with Crippen molar-refractivity contribution in [3.05, 3.63) is 29.8 Å². The highest BCUT2D eigenvalue weighted by Crippen LogP contribution is 2.09. The summed E-state index contributed by atoms with van der Waals surface area (Å²) in [5, 5.41) is 14.3. The van der Waals surface area contributed by atoms with Crippen molar-refractivity contribution in [2.75, 3.05) is 91.4 Å². The Labute approximate surface area is 254 Å². The number of benzene rings is 1. The summed E-state index contributed by atoms with van der Waals surface area (Å²) in [6, 6.07) is 6.45. The number of carbonyl (C=O) groups is 4. The van der Waals surface area contributed by atoms with Crippen molar-refractivity contribution in [2.45, 2.75) is 38.6 Å². The Morgan fingerprint density at radius 1 is 0.744 bits per heavy atom. The number of unbranched alkanes of at least 4 members (excludes halogenated alkanes) is 1. The summed E-state index contributed by atoms with van der Waals surface area (Å²) in [5.74, 6) is -1.52. The van der Waals surface area contributed by atoms with E-state index in [1.807, 2.05) is 19.2 Å². The largest absolute Gasteiger partial charge is 0.385 e. The van der Waals surface area contributed by atoms with E-state index in [1.54, 1.807) is 12.1 Å². The molecule has 1 atom stereocenters. The van der Waals surface area contributed by atoms with Crippen LogP contribution in [-0.2, 0) is 33.3 Å². The summed E-state index contributed by atoms with van der Waals surface area (Å²) in [6.07, 6.45) is 2.56. The van der Waals surface area contributed by atoms with Gasteiger partial charge in [-0.05, 0) is 57.0 Å². The highest BCUT2D eigenvalue weighted by Gasteiger charge is 2.17. The quantitative estimate of drug-likeness (QED) is 0.0726. The van der Waals surface area contributed by atoms with Crippen molar-refractivity contribution in [3.8, 4) is 0 Å². The van der Waals surface area contributed by atoms with E-state index in [-0.39, 0.29) is 44.8 Å². The fraction of sp³-hybridized carbons (Fsp3) is 0.655. The van der Waals surface area contributed by atoms with E-state index in [2.05, 4.69) is 33.5 Å². The molecule has 0 heterocycles. The molecule has 0 fully saturated rings. The highest BCUT2D eigenvalue weighted by atomic mass is 16.5. The van der Waals surface area contributed by atoms with Gasteiger partial charge in [0.2, 0.25) is 17.7 Å². The van der Waals surface area contributed by atoms with Gasteiger partial charge in [0.05, 0.1) is 39.6 Å². The molecule has 0 aliphatic carbocycles. The second kappa shape index (κ2) is 25.2. The lowest BCUT2D eigenvalue weighted by molar-refractivity contribution is -0.131. The van der Waals surface area contributed by atoms with Crippen molar-refractivity contribution in [1.82, 2.24) is 21.3 Å². The van der Waals surface area contributed by atoms with E-state index in [4.69, 9.17) is 24.7 Å². The molecule has 14 nitrogen and oxygen atoms in total. The molecule has 0 aliphatic heterocycles. The predicted octanol–water partition coefficient (Wildman–Crippen LogP) is -0.219. The van der Waals surface area contributed by atoms with Crippen molar-refractivity contribution < 1.29 is 38.1 Å². The first kappa shape index (κ1) is 37.7. The Hall–Kier alpha value is -3.30. The Balaban J connectivity index is 2.06. The van der Waals surface area contributed by atoms with E-state index in [0.29, 0.717) is 57.7 Å². The van der Waals surface area contributed by atoms with Crippen LogP contribution in [0.1, 0.15) is 43.0 Å². The molecule has 0 saturated heterocycles. The van der Waals surface area contributed by atoms with Crippen LogP contribution in [-0.4, -0.2) is 116 Å². The average molecular weight is 611 g/mol. The number of amides is 4. The predicted molar refractivity (Wildman–Crippen MR) is 163 cm³/mol. The van der Waals surface area contributed by atoms with Gasteiger partial charge in [0.1, 0.15) is 19.3 Å². The molecule has 244 valence electrons. The molecule has 1 aromatic rings. The smallest absolute Gasteiger partial charge is 0.251 e. The summed E-state index contributed by atoms with van der Waals surface area (Å²) in [4.78, 5) is 47.9. The second-order valence-electron chi connectivity index (χ2n) is 9.56. The van der Waals surface area contributed by atoms with E-state index < -0.39 is 17.9 Å². The number of nitrogens with two attached hydrogens (primary N) is 1. The number of primary amides is 1. The van der Waals surface area contributed by atoms with Crippen molar-refractivity contribution in [3.63, 3.8) is 0 Å². The van der Waals surface area contributed by atoms with Crippen LogP contribution in [0.4, 0.5) is 5.69 Å². The number of hydrogen-bond donors (Lipinski definition) is 6. The maximum absolute atomic E-state index is 12.3.